The van der Waals surface area contributed by atoms with Gasteiger partial charge in [-0.15, -0.1) is 0 Å². The summed E-state index contributed by atoms with van der Waals surface area (Å²) in [6, 6.07) is 5.43. The Morgan fingerprint density at radius 1 is 1.00 bits per heavy atom. The van der Waals surface area contributed by atoms with Crippen LogP contribution in [0.3, 0.4) is 0 Å². The van der Waals surface area contributed by atoms with Crippen LogP contribution < -0.4 is 11.1 Å². The van der Waals surface area contributed by atoms with Crippen molar-refractivity contribution in [3.63, 3.8) is 0 Å². The first-order valence-corrected chi connectivity index (χ1v) is 6.37. The van der Waals surface area contributed by atoms with E-state index in [1.54, 1.807) is 6.07 Å². The van der Waals surface area contributed by atoms with Gasteiger partial charge in [-0.25, -0.2) is 9.97 Å². The van der Waals surface area contributed by atoms with E-state index in [1.165, 1.54) is 0 Å². The second-order valence-electron chi connectivity index (χ2n) is 4.95. The Morgan fingerprint density at radius 2 is 1.60 bits per heavy atom. The Hall–Kier alpha value is -2.43. The molecule has 1 aromatic heterocycles. The molecule has 3 N–H and O–H groups in total. The van der Waals surface area contributed by atoms with Crippen LogP contribution in [-0.2, 0) is 0 Å². The molecule has 5 heteroatoms. The molecular formula is C15H18N4O. The monoisotopic (exact) mass is 270 g/mol. The van der Waals surface area contributed by atoms with E-state index in [9.17, 15) is 4.79 Å². The molecule has 20 heavy (non-hydrogen) atoms. The summed E-state index contributed by atoms with van der Waals surface area (Å²) in [6.45, 7) is 7.51. The van der Waals surface area contributed by atoms with E-state index in [2.05, 4.69) is 15.3 Å². The van der Waals surface area contributed by atoms with Crippen LogP contribution in [0.2, 0.25) is 0 Å². The molecule has 0 atom stereocenters. The van der Waals surface area contributed by atoms with Gasteiger partial charge in [0.05, 0.1) is 0 Å². The number of hydrogen-bond donors (Lipinski definition) is 2. The molecule has 0 saturated heterocycles. The average Bonchev–Trinajstić information content (AvgIpc) is 2.32. The molecule has 0 aliphatic rings. The van der Waals surface area contributed by atoms with Crippen molar-refractivity contribution in [3.8, 4) is 0 Å². The Bertz CT molecular complexity index is 660. The molecule has 104 valence electrons. The minimum atomic E-state index is -0.251. The van der Waals surface area contributed by atoms with E-state index in [-0.39, 0.29) is 5.91 Å². The fourth-order valence-corrected chi connectivity index (χ4v) is 2.06. The topological polar surface area (TPSA) is 80.9 Å². The molecule has 0 radical (unpaired) electrons. The van der Waals surface area contributed by atoms with Crippen LogP contribution >= 0.6 is 0 Å². The Labute approximate surface area is 118 Å². The number of hydrogen-bond acceptors (Lipinski definition) is 4. The van der Waals surface area contributed by atoms with Gasteiger partial charge < -0.3 is 5.73 Å². The predicted molar refractivity (Wildman–Crippen MR) is 79.8 cm³/mol. The third kappa shape index (κ3) is 2.93. The highest BCUT2D eigenvalue weighted by molar-refractivity contribution is 6.05. The first-order chi connectivity index (χ1) is 9.36. The van der Waals surface area contributed by atoms with Crippen molar-refractivity contribution >= 4 is 17.5 Å². The lowest BCUT2D eigenvalue weighted by atomic mass is 10.0. The highest BCUT2D eigenvalue weighted by atomic mass is 16.1. The predicted octanol–water partition coefficient (Wildman–Crippen LogP) is 2.54. The normalized spacial score (nSPS) is 10.4. The summed E-state index contributed by atoms with van der Waals surface area (Å²) in [5, 5.41) is 2.71. The van der Waals surface area contributed by atoms with Crippen LogP contribution in [0.5, 0.6) is 0 Å². The fraction of sp³-hybridized carbons (Fsp3) is 0.267. The molecular weight excluding hydrogens is 252 g/mol. The van der Waals surface area contributed by atoms with Crippen LogP contribution in [0.15, 0.2) is 18.2 Å². The smallest absolute Gasteiger partial charge is 0.258 e. The summed E-state index contributed by atoms with van der Waals surface area (Å²) >= 11 is 0. The van der Waals surface area contributed by atoms with E-state index in [0.717, 1.165) is 22.5 Å². The van der Waals surface area contributed by atoms with Crippen LogP contribution in [0, 0.1) is 27.7 Å². The molecule has 0 bridgehead atoms. The highest BCUT2D eigenvalue weighted by Gasteiger charge is 2.12. The number of aryl methyl sites for hydroxylation is 4. The van der Waals surface area contributed by atoms with Crippen LogP contribution in [0.4, 0.5) is 11.6 Å². The number of aromatic nitrogens is 2. The van der Waals surface area contributed by atoms with E-state index in [1.807, 2.05) is 39.8 Å². The quantitative estimate of drug-likeness (QED) is 0.822. The van der Waals surface area contributed by atoms with Crippen molar-refractivity contribution in [1.82, 2.24) is 9.97 Å². The van der Waals surface area contributed by atoms with Gasteiger partial charge in [-0.2, -0.15) is 0 Å². The lowest BCUT2D eigenvalue weighted by Gasteiger charge is -2.10. The molecule has 0 fully saturated rings. The molecule has 1 heterocycles. The SMILES string of the molecule is Cc1cc(C)nc(NC(=O)c2cc(N)c(C)cc2C)n1. The summed E-state index contributed by atoms with van der Waals surface area (Å²) < 4.78 is 0. The number of anilines is 2. The number of nitrogens with zero attached hydrogens (tertiary/aromatic N) is 2. The van der Waals surface area contributed by atoms with Gasteiger partial charge in [0.1, 0.15) is 0 Å². The molecule has 1 amide bonds. The van der Waals surface area contributed by atoms with Crippen molar-refractivity contribution in [2.45, 2.75) is 27.7 Å². The maximum absolute atomic E-state index is 12.3. The van der Waals surface area contributed by atoms with Crippen molar-refractivity contribution < 1.29 is 4.79 Å². The minimum Gasteiger partial charge on any atom is -0.398 e. The number of nitrogen functional groups attached to an aromatic ring is 1. The zero-order chi connectivity index (χ0) is 14.9. The summed E-state index contributed by atoms with van der Waals surface area (Å²) in [4.78, 5) is 20.7. The number of carbonyl (C=O) groups excluding carboxylic acids is 1. The second kappa shape index (κ2) is 5.28. The maximum Gasteiger partial charge on any atom is 0.258 e. The highest BCUT2D eigenvalue weighted by Crippen LogP contribution is 2.18. The largest absolute Gasteiger partial charge is 0.398 e. The van der Waals surface area contributed by atoms with Crippen molar-refractivity contribution in [2.24, 2.45) is 0 Å². The molecule has 2 aromatic rings. The van der Waals surface area contributed by atoms with Gasteiger partial charge in [-0.1, -0.05) is 6.07 Å². The van der Waals surface area contributed by atoms with Crippen LogP contribution in [0.1, 0.15) is 32.9 Å². The number of carbonyl (C=O) groups is 1. The Balaban J connectivity index is 2.30. The molecule has 5 nitrogen and oxygen atoms in total. The van der Waals surface area contributed by atoms with E-state index < -0.39 is 0 Å². The number of amides is 1. The van der Waals surface area contributed by atoms with Crippen LogP contribution in [0.25, 0.3) is 0 Å². The molecule has 0 aliphatic carbocycles. The van der Waals surface area contributed by atoms with E-state index in [4.69, 9.17) is 5.73 Å². The van der Waals surface area contributed by atoms with Gasteiger partial charge in [-0.05, 0) is 51.0 Å². The zero-order valence-corrected chi connectivity index (χ0v) is 12.1. The van der Waals surface area contributed by atoms with Crippen molar-refractivity contribution in [2.75, 3.05) is 11.1 Å². The molecule has 0 saturated carbocycles. The lowest BCUT2D eigenvalue weighted by Crippen LogP contribution is -2.16. The van der Waals surface area contributed by atoms with Crippen molar-refractivity contribution in [1.29, 1.82) is 0 Å². The standard InChI is InChI=1S/C15H18N4O/c1-8-5-9(2)13(16)7-12(8)14(20)19-15-17-10(3)6-11(4)18-15/h5-7H,16H2,1-4H3,(H,17,18,19,20). The summed E-state index contributed by atoms with van der Waals surface area (Å²) in [5.41, 5.74) is 10.5. The fourth-order valence-electron chi connectivity index (χ4n) is 2.06. The summed E-state index contributed by atoms with van der Waals surface area (Å²) in [5.74, 6) is 0.0604. The number of rotatable bonds is 2. The number of benzene rings is 1. The van der Waals surface area contributed by atoms with Crippen molar-refractivity contribution in [3.05, 3.63) is 46.3 Å². The van der Waals surface area contributed by atoms with Gasteiger partial charge in [0.2, 0.25) is 5.95 Å². The van der Waals surface area contributed by atoms with Gasteiger partial charge in [0, 0.05) is 22.6 Å². The second-order valence-corrected chi connectivity index (χ2v) is 4.95. The van der Waals surface area contributed by atoms with Gasteiger partial charge in [-0.3, -0.25) is 10.1 Å². The molecule has 0 spiro atoms. The number of nitrogens with one attached hydrogen (secondary N) is 1. The van der Waals surface area contributed by atoms with Gasteiger partial charge in [0.25, 0.3) is 5.91 Å². The first kappa shape index (κ1) is 14.0. The molecule has 0 unspecified atom stereocenters. The van der Waals surface area contributed by atoms with Crippen LogP contribution in [-0.4, -0.2) is 15.9 Å². The van der Waals surface area contributed by atoms with Gasteiger partial charge in [0.15, 0.2) is 0 Å². The maximum atomic E-state index is 12.3. The number of nitrogens with two attached hydrogens (primary N) is 1. The summed E-state index contributed by atoms with van der Waals surface area (Å²) in [6.07, 6.45) is 0. The minimum absolute atomic E-state index is 0.251. The Kier molecular flexibility index (Phi) is 3.70. The summed E-state index contributed by atoms with van der Waals surface area (Å²) in [7, 11) is 0. The van der Waals surface area contributed by atoms with E-state index in [0.29, 0.717) is 17.2 Å². The van der Waals surface area contributed by atoms with Gasteiger partial charge >= 0.3 is 0 Å². The van der Waals surface area contributed by atoms with E-state index >= 15 is 0 Å². The molecule has 1 aromatic carbocycles. The molecule has 2 rings (SSSR count). The zero-order valence-electron chi connectivity index (χ0n) is 12.1. The first-order valence-electron chi connectivity index (χ1n) is 6.37. The average molecular weight is 270 g/mol. The Morgan fingerprint density at radius 3 is 2.20 bits per heavy atom. The third-order valence-electron chi connectivity index (χ3n) is 3.07. The molecule has 0 aliphatic heterocycles. The lowest BCUT2D eigenvalue weighted by molar-refractivity contribution is 0.102. The third-order valence-corrected chi connectivity index (χ3v) is 3.07.